The van der Waals surface area contributed by atoms with E-state index < -0.39 is 0 Å². The summed E-state index contributed by atoms with van der Waals surface area (Å²) in [4.78, 5) is 4.03. The van der Waals surface area contributed by atoms with Crippen molar-refractivity contribution in [3.05, 3.63) is 41.6 Å². The van der Waals surface area contributed by atoms with Gasteiger partial charge in [-0.1, -0.05) is 0 Å². The van der Waals surface area contributed by atoms with E-state index in [1.807, 2.05) is 26.0 Å². The smallest absolute Gasteiger partial charge is 0.216 e. The van der Waals surface area contributed by atoms with E-state index in [1.165, 1.54) is 0 Å². The van der Waals surface area contributed by atoms with Crippen LogP contribution in [0.3, 0.4) is 0 Å². The summed E-state index contributed by atoms with van der Waals surface area (Å²) in [5, 5.41) is 0. The second-order valence-corrected chi connectivity index (χ2v) is 4.11. The topological polar surface area (TPSA) is 57.4 Å². The number of anilines is 1. The fraction of sp³-hybridized carbons (Fsp3) is 0.214. The Labute approximate surface area is 106 Å². The summed E-state index contributed by atoms with van der Waals surface area (Å²) >= 11 is 0. The number of hydrogen-bond acceptors (Lipinski definition) is 4. The quantitative estimate of drug-likeness (QED) is 0.843. The van der Waals surface area contributed by atoms with Crippen molar-refractivity contribution in [1.29, 1.82) is 0 Å². The highest BCUT2D eigenvalue weighted by molar-refractivity contribution is 5.54. The van der Waals surface area contributed by atoms with E-state index in [4.69, 9.17) is 15.2 Å². The number of nitrogen functional groups attached to an aromatic ring is 1. The summed E-state index contributed by atoms with van der Waals surface area (Å²) in [6.45, 7) is 3.92. The predicted octanol–water partition coefficient (Wildman–Crippen LogP) is 3.08. The maximum atomic E-state index is 5.84. The first-order valence-corrected chi connectivity index (χ1v) is 5.65. The highest BCUT2D eigenvalue weighted by Crippen LogP contribution is 2.29. The highest BCUT2D eigenvalue weighted by atomic mass is 16.5. The summed E-state index contributed by atoms with van der Waals surface area (Å²) in [7, 11) is 1.57. The van der Waals surface area contributed by atoms with Crippen molar-refractivity contribution in [3.8, 4) is 17.4 Å². The molecular formula is C14H16N2O2. The Kier molecular flexibility index (Phi) is 3.37. The number of aromatic nitrogens is 1. The van der Waals surface area contributed by atoms with Gasteiger partial charge in [-0.2, -0.15) is 0 Å². The minimum absolute atomic E-state index is 0.525. The molecule has 0 fully saturated rings. The Hall–Kier alpha value is -2.23. The monoisotopic (exact) mass is 244 g/mol. The first kappa shape index (κ1) is 12.2. The van der Waals surface area contributed by atoms with Gasteiger partial charge in [-0.25, -0.2) is 4.98 Å². The molecule has 1 aromatic carbocycles. The van der Waals surface area contributed by atoms with Gasteiger partial charge in [0, 0.05) is 18.0 Å². The third kappa shape index (κ3) is 2.53. The van der Waals surface area contributed by atoms with E-state index in [0.717, 1.165) is 22.6 Å². The molecule has 2 aromatic rings. The van der Waals surface area contributed by atoms with Crippen molar-refractivity contribution in [2.24, 2.45) is 0 Å². The lowest BCUT2D eigenvalue weighted by Crippen LogP contribution is -1.95. The minimum atomic E-state index is 0.525. The van der Waals surface area contributed by atoms with Crippen LogP contribution in [0.5, 0.6) is 17.4 Å². The van der Waals surface area contributed by atoms with Gasteiger partial charge in [-0.3, -0.25) is 0 Å². The SMILES string of the molecule is COc1cc(Oc2cc(C)c(N)cc2C)ccn1. The maximum Gasteiger partial charge on any atom is 0.216 e. The Morgan fingerprint density at radius 1 is 1.11 bits per heavy atom. The molecule has 0 spiro atoms. The van der Waals surface area contributed by atoms with Crippen molar-refractivity contribution in [1.82, 2.24) is 4.98 Å². The number of ether oxygens (including phenoxy) is 2. The second-order valence-electron chi connectivity index (χ2n) is 4.11. The van der Waals surface area contributed by atoms with Gasteiger partial charge in [0.2, 0.25) is 5.88 Å². The molecule has 0 aliphatic carbocycles. The van der Waals surface area contributed by atoms with E-state index in [2.05, 4.69) is 4.98 Å². The first-order valence-electron chi connectivity index (χ1n) is 5.65. The molecule has 94 valence electrons. The van der Waals surface area contributed by atoms with Gasteiger partial charge >= 0.3 is 0 Å². The molecule has 0 unspecified atom stereocenters. The Bertz CT molecular complexity index is 568. The number of benzene rings is 1. The summed E-state index contributed by atoms with van der Waals surface area (Å²) in [5.41, 5.74) is 8.60. The van der Waals surface area contributed by atoms with Crippen molar-refractivity contribution >= 4 is 5.69 Å². The number of aryl methyl sites for hydroxylation is 2. The normalized spacial score (nSPS) is 10.2. The van der Waals surface area contributed by atoms with Crippen molar-refractivity contribution in [3.63, 3.8) is 0 Å². The number of nitrogens with two attached hydrogens (primary N) is 1. The lowest BCUT2D eigenvalue weighted by molar-refractivity contribution is 0.392. The van der Waals surface area contributed by atoms with Gasteiger partial charge in [0.05, 0.1) is 7.11 Å². The average Bonchev–Trinajstić information content (AvgIpc) is 2.36. The van der Waals surface area contributed by atoms with Crippen LogP contribution < -0.4 is 15.2 Å². The molecule has 0 atom stereocenters. The molecule has 1 aromatic heterocycles. The number of methoxy groups -OCH3 is 1. The molecule has 4 nitrogen and oxygen atoms in total. The Morgan fingerprint density at radius 2 is 1.89 bits per heavy atom. The predicted molar refractivity (Wildman–Crippen MR) is 71.2 cm³/mol. The largest absolute Gasteiger partial charge is 0.481 e. The number of rotatable bonds is 3. The number of pyridine rings is 1. The fourth-order valence-corrected chi connectivity index (χ4v) is 1.62. The lowest BCUT2D eigenvalue weighted by atomic mass is 10.1. The average molecular weight is 244 g/mol. The molecule has 18 heavy (non-hydrogen) atoms. The molecule has 0 radical (unpaired) electrons. The van der Waals surface area contributed by atoms with Crippen LogP contribution in [0.4, 0.5) is 5.69 Å². The standard InChI is InChI=1S/C14H16N2O2/c1-9-7-13(10(2)6-12(9)15)18-11-4-5-16-14(8-11)17-3/h4-8H,15H2,1-3H3. The fourth-order valence-electron chi connectivity index (χ4n) is 1.62. The van der Waals surface area contributed by atoms with Gasteiger partial charge in [0.25, 0.3) is 0 Å². The van der Waals surface area contributed by atoms with Crippen LogP contribution >= 0.6 is 0 Å². The van der Waals surface area contributed by atoms with Crippen LogP contribution in [-0.2, 0) is 0 Å². The van der Waals surface area contributed by atoms with E-state index in [-0.39, 0.29) is 0 Å². The van der Waals surface area contributed by atoms with Crippen molar-refractivity contribution < 1.29 is 9.47 Å². The third-order valence-corrected chi connectivity index (χ3v) is 2.71. The highest BCUT2D eigenvalue weighted by Gasteiger charge is 2.05. The summed E-state index contributed by atoms with van der Waals surface area (Å²) in [5.74, 6) is 2.00. The van der Waals surface area contributed by atoms with Crippen LogP contribution in [0, 0.1) is 13.8 Å². The van der Waals surface area contributed by atoms with E-state index in [9.17, 15) is 0 Å². The van der Waals surface area contributed by atoms with Crippen molar-refractivity contribution in [2.45, 2.75) is 13.8 Å². The summed E-state index contributed by atoms with van der Waals surface area (Å²) < 4.78 is 10.9. The van der Waals surface area contributed by atoms with Gasteiger partial charge in [-0.05, 0) is 43.2 Å². The first-order chi connectivity index (χ1) is 8.60. The lowest BCUT2D eigenvalue weighted by Gasteiger charge is -2.11. The molecule has 2 rings (SSSR count). The molecular weight excluding hydrogens is 228 g/mol. The molecule has 0 saturated carbocycles. The molecule has 0 bridgehead atoms. The van der Waals surface area contributed by atoms with Crippen LogP contribution in [-0.4, -0.2) is 12.1 Å². The van der Waals surface area contributed by atoms with E-state index in [0.29, 0.717) is 11.6 Å². The van der Waals surface area contributed by atoms with Crippen LogP contribution in [0.15, 0.2) is 30.5 Å². The van der Waals surface area contributed by atoms with Gasteiger partial charge in [-0.15, -0.1) is 0 Å². The summed E-state index contributed by atoms with van der Waals surface area (Å²) in [6.07, 6.45) is 1.65. The molecule has 0 saturated heterocycles. The van der Waals surface area contributed by atoms with Crippen LogP contribution in [0.2, 0.25) is 0 Å². The zero-order valence-corrected chi connectivity index (χ0v) is 10.7. The Morgan fingerprint density at radius 3 is 2.61 bits per heavy atom. The van der Waals surface area contributed by atoms with Crippen molar-refractivity contribution in [2.75, 3.05) is 12.8 Å². The molecule has 2 N–H and O–H groups in total. The molecule has 0 amide bonds. The zero-order valence-electron chi connectivity index (χ0n) is 10.7. The minimum Gasteiger partial charge on any atom is -0.481 e. The molecule has 0 aliphatic rings. The third-order valence-electron chi connectivity index (χ3n) is 2.71. The van der Waals surface area contributed by atoms with Gasteiger partial charge in [0.15, 0.2) is 0 Å². The van der Waals surface area contributed by atoms with Gasteiger partial charge in [0.1, 0.15) is 11.5 Å². The maximum absolute atomic E-state index is 5.84. The summed E-state index contributed by atoms with van der Waals surface area (Å²) in [6, 6.07) is 7.36. The van der Waals surface area contributed by atoms with Crippen LogP contribution in [0.1, 0.15) is 11.1 Å². The number of nitrogens with zero attached hydrogens (tertiary/aromatic N) is 1. The Balaban J connectivity index is 2.30. The molecule has 1 heterocycles. The number of hydrogen-bond donors (Lipinski definition) is 1. The van der Waals surface area contributed by atoms with E-state index in [1.54, 1.807) is 25.4 Å². The molecule has 4 heteroatoms. The second kappa shape index (κ2) is 4.96. The van der Waals surface area contributed by atoms with E-state index >= 15 is 0 Å². The van der Waals surface area contributed by atoms with Gasteiger partial charge < -0.3 is 15.2 Å². The molecule has 0 aliphatic heterocycles. The van der Waals surface area contributed by atoms with Crippen LogP contribution in [0.25, 0.3) is 0 Å². The zero-order chi connectivity index (χ0) is 13.1.